The van der Waals surface area contributed by atoms with Crippen molar-refractivity contribution in [3.63, 3.8) is 0 Å². The van der Waals surface area contributed by atoms with Gasteiger partial charge in [-0.05, 0) is 42.5 Å². The van der Waals surface area contributed by atoms with Crippen molar-refractivity contribution in [1.29, 1.82) is 0 Å². The average Bonchev–Trinajstić information content (AvgIpc) is 3.41. The van der Waals surface area contributed by atoms with Gasteiger partial charge < -0.3 is 9.88 Å². The zero-order valence-corrected chi connectivity index (χ0v) is 20.3. The topological polar surface area (TPSA) is 84.3 Å². The molecule has 0 saturated carbocycles. The highest BCUT2D eigenvalue weighted by molar-refractivity contribution is 7.89. The van der Waals surface area contributed by atoms with Gasteiger partial charge in [0.25, 0.3) is 15.9 Å². The molecule has 2 aromatic carbocycles. The number of rotatable bonds is 4. The number of benzene rings is 2. The van der Waals surface area contributed by atoms with Crippen molar-refractivity contribution in [2.24, 2.45) is 7.05 Å². The van der Waals surface area contributed by atoms with E-state index in [1.807, 2.05) is 24.3 Å². The Hall–Kier alpha value is -3.18. The highest BCUT2D eigenvalue weighted by Gasteiger charge is 2.50. The maximum atomic E-state index is 13.5. The first kappa shape index (κ1) is 24.5. The minimum Gasteiger partial charge on any atom is -0.348 e. The smallest absolute Gasteiger partial charge is 0.348 e. The number of sulfonamides is 1. The zero-order chi connectivity index (χ0) is 25.7. The summed E-state index contributed by atoms with van der Waals surface area (Å²) in [6.07, 6.45) is -0.482. The maximum absolute atomic E-state index is 13.5. The number of hydrogen-bond donors (Lipinski definition) is 1. The van der Waals surface area contributed by atoms with Crippen LogP contribution < -0.4 is 5.32 Å². The number of aryl methyl sites for hydroxylation is 1. The van der Waals surface area contributed by atoms with Crippen LogP contribution in [-0.4, -0.2) is 47.3 Å². The first-order chi connectivity index (χ1) is 17.0. The van der Waals surface area contributed by atoms with Crippen LogP contribution in [0.5, 0.6) is 0 Å². The molecule has 1 spiro atoms. The molecule has 1 amide bonds. The lowest BCUT2D eigenvalue weighted by molar-refractivity contribution is -0.137. The molecule has 1 N–H and O–H groups in total. The number of halogens is 3. The zero-order valence-electron chi connectivity index (χ0n) is 19.5. The van der Waals surface area contributed by atoms with Gasteiger partial charge in [-0.25, -0.2) is 13.4 Å². The van der Waals surface area contributed by atoms with Gasteiger partial charge >= 0.3 is 6.18 Å². The van der Waals surface area contributed by atoms with Crippen LogP contribution in [0, 0.1) is 0 Å². The molecule has 0 radical (unpaired) electrons. The molecule has 1 aliphatic carbocycles. The normalized spacial score (nSPS) is 19.8. The lowest BCUT2D eigenvalue weighted by Crippen LogP contribution is -2.54. The fourth-order valence-electron chi connectivity index (χ4n) is 5.54. The van der Waals surface area contributed by atoms with Crippen molar-refractivity contribution in [2.75, 3.05) is 13.1 Å². The van der Waals surface area contributed by atoms with Crippen LogP contribution in [0.1, 0.15) is 39.9 Å². The Morgan fingerprint density at radius 2 is 1.75 bits per heavy atom. The number of piperidine rings is 1. The summed E-state index contributed by atoms with van der Waals surface area (Å²) in [4.78, 5) is 17.1. The maximum Gasteiger partial charge on any atom is 0.417 e. The van der Waals surface area contributed by atoms with Crippen LogP contribution in [0.2, 0.25) is 0 Å². The Kier molecular flexibility index (Phi) is 5.95. The van der Waals surface area contributed by atoms with E-state index < -0.39 is 44.7 Å². The Bertz CT molecular complexity index is 1410. The lowest BCUT2D eigenvalue weighted by Gasteiger charge is -2.43. The van der Waals surface area contributed by atoms with E-state index in [4.69, 9.17) is 0 Å². The molecule has 36 heavy (non-hydrogen) atoms. The predicted octanol–water partition coefficient (Wildman–Crippen LogP) is 3.52. The fraction of sp³-hybridized carbons (Fsp3) is 0.360. The molecule has 2 aliphatic rings. The Morgan fingerprint density at radius 3 is 2.42 bits per heavy atom. The van der Waals surface area contributed by atoms with Crippen molar-refractivity contribution in [3.05, 3.63) is 83.3 Å². The summed E-state index contributed by atoms with van der Waals surface area (Å²) in [6, 6.07) is 12.0. The van der Waals surface area contributed by atoms with Gasteiger partial charge in [-0.3, -0.25) is 4.79 Å². The predicted molar refractivity (Wildman–Crippen MR) is 126 cm³/mol. The van der Waals surface area contributed by atoms with Gasteiger partial charge in [0.15, 0.2) is 5.03 Å². The monoisotopic (exact) mass is 518 g/mol. The van der Waals surface area contributed by atoms with Gasteiger partial charge in [0, 0.05) is 37.8 Å². The standard InChI is InChI=1S/C25H25F3N4O3S/c1-31-15-22(29-16-31)36(34,35)32-12-10-24(11-13-32)19-8-4-2-6-17(19)14-21(24)30-23(33)18-7-3-5-9-20(18)25(26,27)28/h2-9,15-16,21H,10-14H2,1H3,(H,30,33). The van der Waals surface area contributed by atoms with Crippen molar-refractivity contribution in [1.82, 2.24) is 19.2 Å². The Morgan fingerprint density at radius 1 is 1.08 bits per heavy atom. The average molecular weight is 519 g/mol. The summed E-state index contributed by atoms with van der Waals surface area (Å²) in [5, 5.41) is 2.85. The molecular formula is C25H25F3N4O3S. The molecule has 1 saturated heterocycles. The van der Waals surface area contributed by atoms with Gasteiger partial charge in [0.2, 0.25) is 0 Å². The highest BCUT2D eigenvalue weighted by atomic mass is 32.2. The van der Waals surface area contributed by atoms with E-state index in [1.165, 1.54) is 35.0 Å². The highest BCUT2D eigenvalue weighted by Crippen LogP contribution is 2.47. The SMILES string of the molecule is Cn1cnc(S(=O)(=O)N2CCC3(CC2)c2ccccc2CC3NC(=O)c2ccccc2C(F)(F)F)c1. The number of imidazole rings is 1. The van der Waals surface area contributed by atoms with Crippen molar-refractivity contribution in [2.45, 2.75) is 41.9 Å². The molecule has 1 unspecified atom stereocenters. The summed E-state index contributed by atoms with van der Waals surface area (Å²) < 4.78 is 69.7. The van der Waals surface area contributed by atoms with E-state index in [2.05, 4.69) is 10.3 Å². The molecule has 2 heterocycles. The van der Waals surface area contributed by atoms with Crippen LogP contribution in [0.25, 0.3) is 0 Å². The number of carbonyl (C=O) groups excluding carboxylic acids is 1. The molecule has 1 atom stereocenters. The third-order valence-corrected chi connectivity index (χ3v) is 9.11. The number of fused-ring (bicyclic) bond motifs is 2. The largest absolute Gasteiger partial charge is 0.417 e. The van der Waals surface area contributed by atoms with Crippen LogP contribution in [0.4, 0.5) is 13.2 Å². The summed E-state index contributed by atoms with van der Waals surface area (Å²) in [5.41, 5.74) is 0.0205. The molecule has 11 heteroatoms. The van der Waals surface area contributed by atoms with E-state index in [1.54, 1.807) is 11.6 Å². The number of alkyl halides is 3. The quantitative estimate of drug-likeness (QED) is 0.573. The number of carbonyl (C=O) groups is 1. The lowest BCUT2D eigenvalue weighted by atomic mass is 9.71. The molecule has 190 valence electrons. The second-order valence-corrected chi connectivity index (χ2v) is 11.3. The fourth-order valence-corrected chi connectivity index (χ4v) is 6.95. The minimum atomic E-state index is -4.66. The number of hydrogen-bond acceptors (Lipinski definition) is 4. The van der Waals surface area contributed by atoms with Crippen molar-refractivity contribution >= 4 is 15.9 Å². The molecule has 7 nitrogen and oxygen atoms in total. The molecule has 1 fully saturated rings. The van der Waals surface area contributed by atoms with Crippen LogP contribution >= 0.6 is 0 Å². The number of nitrogens with zero attached hydrogens (tertiary/aromatic N) is 3. The van der Waals surface area contributed by atoms with Gasteiger partial charge in [-0.2, -0.15) is 17.5 Å². The van der Waals surface area contributed by atoms with E-state index in [0.717, 1.165) is 17.2 Å². The van der Waals surface area contributed by atoms with Gasteiger partial charge in [0.1, 0.15) is 0 Å². The molecule has 0 bridgehead atoms. The first-order valence-electron chi connectivity index (χ1n) is 11.6. The third-order valence-electron chi connectivity index (χ3n) is 7.33. The minimum absolute atomic E-state index is 0.0265. The van der Waals surface area contributed by atoms with Crippen molar-refractivity contribution in [3.8, 4) is 0 Å². The third kappa shape index (κ3) is 4.09. The van der Waals surface area contributed by atoms with E-state index in [9.17, 15) is 26.4 Å². The number of nitrogens with one attached hydrogen (secondary N) is 1. The van der Waals surface area contributed by atoms with Gasteiger partial charge in [0.05, 0.1) is 17.5 Å². The number of aromatic nitrogens is 2. The van der Waals surface area contributed by atoms with Crippen molar-refractivity contribution < 1.29 is 26.4 Å². The van der Waals surface area contributed by atoms with E-state index in [-0.39, 0.29) is 18.1 Å². The van der Waals surface area contributed by atoms with Crippen LogP contribution in [0.3, 0.4) is 0 Å². The molecule has 5 rings (SSSR count). The molecule has 1 aromatic heterocycles. The molecule has 1 aliphatic heterocycles. The number of amides is 1. The van der Waals surface area contributed by atoms with Crippen LogP contribution in [-0.2, 0) is 35.1 Å². The Balaban J connectivity index is 1.43. The summed E-state index contributed by atoms with van der Waals surface area (Å²) in [6.45, 7) is 0.414. The van der Waals surface area contributed by atoms with E-state index in [0.29, 0.717) is 19.3 Å². The van der Waals surface area contributed by atoms with E-state index >= 15 is 0 Å². The first-order valence-corrected chi connectivity index (χ1v) is 13.0. The summed E-state index contributed by atoms with van der Waals surface area (Å²) in [7, 11) is -2.09. The van der Waals surface area contributed by atoms with Gasteiger partial charge in [-0.15, -0.1) is 0 Å². The van der Waals surface area contributed by atoms with Crippen LogP contribution in [0.15, 0.2) is 66.1 Å². The Labute approximate surface area is 207 Å². The summed E-state index contributed by atoms with van der Waals surface area (Å²) >= 11 is 0. The second-order valence-electron chi connectivity index (χ2n) is 9.37. The van der Waals surface area contributed by atoms with Gasteiger partial charge in [-0.1, -0.05) is 36.4 Å². The summed E-state index contributed by atoms with van der Waals surface area (Å²) in [5.74, 6) is -0.788. The molecule has 3 aromatic rings. The molecular weight excluding hydrogens is 493 g/mol. The second kappa shape index (κ2) is 8.74.